The Morgan fingerprint density at radius 3 is 2.88 bits per heavy atom. The van der Waals surface area contributed by atoms with E-state index >= 15 is 0 Å². The Kier molecular flexibility index (Phi) is 3.23. The summed E-state index contributed by atoms with van der Waals surface area (Å²) in [6.45, 7) is 2.85. The fourth-order valence-electron chi connectivity index (χ4n) is 1.76. The molecule has 0 bridgehead atoms. The second-order valence-corrected chi connectivity index (χ2v) is 3.86. The van der Waals surface area contributed by atoms with E-state index in [-0.39, 0.29) is 5.78 Å². The Hall–Kier alpha value is -2.10. The maximum absolute atomic E-state index is 12.3. The van der Waals surface area contributed by atoms with Crippen molar-refractivity contribution < 1.29 is 4.79 Å². The van der Waals surface area contributed by atoms with Gasteiger partial charge in [0.15, 0.2) is 5.82 Å². The topological polar surface area (TPSA) is 60.9 Å². The van der Waals surface area contributed by atoms with Crippen molar-refractivity contribution in [2.45, 2.75) is 19.9 Å². The molecule has 0 atom stereocenters. The van der Waals surface area contributed by atoms with Crippen LogP contribution in [0, 0.1) is 0 Å². The summed E-state index contributed by atoms with van der Waals surface area (Å²) in [5.74, 6) is 0.325. The predicted octanol–water partition coefficient (Wildman–Crippen LogP) is 2.11. The number of hydrogen-bond donors (Lipinski definition) is 1. The van der Waals surface area contributed by atoms with Gasteiger partial charge in [-0.25, -0.2) is 4.98 Å². The summed E-state index contributed by atoms with van der Waals surface area (Å²) in [6, 6.07) is 7.06. The molecule has 17 heavy (non-hydrogen) atoms. The van der Waals surface area contributed by atoms with Gasteiger partial charge in [-0.15, -0.1) is 0 Å². The first-order valence-electron chi connectivity index (χ1n) is 5.64. The molecule has 4 heteroatoms. The molecule has 0 aliphatic carbocycles. The Labute approximate surface area is 100 Å². The van der Waals surface area contributed by atoms with E-state index < -0.39 is 0 Å². The van der Waals surface area contributed by atoms with Gasteiger partial charge in [0.1, 0.15) is 0 Å². The molecule has 0 saturated heterocycles. The molecule has 0 amide bonds. The van der Waals surface area contributed by atoms with E-state index in [0.717, 1.165) is 13.0 Å². The van der Waals surface area contributed by atoms with Crippen molar-refractivity contribution >= 4 is 11.5 Å². The molecular weight excluding hydrogens is 214 g/mol. The third-order valence-electron chi connectivity index (χ3n) is 2.59. The van der Waals surface area contributed by atoms with Crippen LogP contribution in [0.4, 0.5) is 5.69 Å². The van der Waals surface area contributed by atoms with Crippen molar-refractivity contribution in [3.05, 3.63) is 48.0 Å². The zero-order valence-electron chi connectivity index (χ0n) is 9.76. The number of hydrogen-bond acceptors (Lipinski definition) is 3. The number of nitrogens with zero attached hydrogens (tertiary/aromatic N) is 2. The fraction of sp³-hybridized carbons (Fsp3) is 0.231. The Morgan fingerprint density at radius 1 is 1.41 bits per heavy atom. The monoisotopic (exact) mass is 229 g/mol. The van der Waals surface area contributed by atoms with Gasteiger partial charge in [0, 0.05) is 30.2 Å². The van der Waals surface area contributed by atoms with E-state index in [1.165, 1.54) is 0 Å². The molecule has 0 aliphatic heterocycles. The second kappa shape index (κ2) is 4.82. The number of aryl methyl sites for hydroxylation is 1. The highest BCUT2D eigenvalue weighted by molar-refractivity contribution is 6.10. The number of nitrogens with two attached hydrogens (primary N) is 1. The first-order chi connectivity index (χ1) is 8.24. The van der Waals surface area contributed by atoms with E-state index in [2.05, 4.69) is 11.9 Å². The predicted molar refractivity (Wildman–Crippen MR) is 66.8 cm³/mol. The van der Waals surface area contributed by atoms with Crippen LogP contribution in [0.2, 0.25) is 0 Å². The van der Waals surface area contributed by atoms with Gasteiger partial charge in [0.25, 0.3) is 0 Å². The average Bonchev–Trinajstić information content (AvgIpc) is 2.78. The van der Waals surface area contributed by atoms with Gasteiger partial charge in [-0.3, -0.25) is 4.79 Å². The molecule has 4 nitrogen and oxygen atoms in total. The molecule has 0 fully saturated rings. The summed E-state index contributed by atoms with van der Waals surface area (Å²) < 4.78 is 1.86. The quantitative estimate of drug-likeness (QED) is 0.645. The molecule has 1 aromatic carbocycles. The highest BCUT2D eigenvalue weighted by Gasteiger charge is 2.16. The number of nitrogen functional groups attached to an aromatic ring is 1. The lowest BCUT2D eigenvalue weighted by molar-refractivity contribution is 0.102. The van der Waals surface area contributed by atoms with Crippen LogP contribution < -0.4 is 5.73 Å². The molecule has 0 spiro atoms. The minimum absolute atomic E-state index is 0.124. The summed E-state index contributed by atoms with van der Waals surface area (Å²) in [5, 5.41) is 0. The average molecular weight is 229 g/mol. The normalized spacial score (nSPS) is 10.4. The third kappa shape index (κ3) is 2.20. The van der Waals surface area contributed by atoms with Crippen LogP contribution in [-0.4, -0.2) is 15.3 Å². The highest BCUT2D eigenvalue weighted by atomic mass is 16.1. The Balaban J connectivity index is 2.37. The molecule has 0 saturated carbocycles. The van der Waals surface area contributed by atoms with Gasteiger partial charge in [-0.05, 0) is 18.6 Å². The molecule has 0 aliphatic rings. The maximum Gasteiger partial charge on any atom is 0.230 e. The second-order valence-electron chi connectivity index (χ2n) is 3.86. The van der Waals surface area contributed by atoms with Crippen LogP contribution in [0.25, 0.3) is 0 Å². The molecular formula is C13H15N3O. The summed E-state index contributed by atoms with van der Waals surface area (Å²) >= 11 is 0. The molecule has 0 unspecified atom stereocenters. The van der Waals surface area contributed by atoms with Crippen molar-refractivity contribution in [1.29, 1.82) is 0 Å². The van der Waals surface area contributed by atoms with Gasteiger partial charge in [-0.2, -0.15) is 0 Å². The third-order valence-corrected chi connectivity index (χ3v) is 2.59. The number of imidazole rings is 1. The first kappa shape index (κ1) is 11.4. The number of anilines is 1. The van der Waals surface area contributed by atoms with Crippen molar-refractivity contribution in [2.75, 3.05) is 5.73 Å². The van der Waals surface area contributed by atoms with Crippen LogP contribution in [-0.2, 0) is 6.54 Å². The van der Waals surface area contributed by atoms with Crippen LogP contribution in [0.1, 0.15) is 29.5 Å². The number of para-hydroxylation sites is 1. The lowest BCUT2D eigenvalue weighted by Gasteiger charge is -2.06. The molecule has 2 aromatic rings. The first-order valence-corrected chi connectivity index (χ1v) is 5.64. The Morgan fingerprint density at radius 2 is 2.18 bits per heavy atom. The zero-order chi connectivity index (χ0) is 12.3. The van der Waals surface area contributed by atoms with E-state index in [4.69, 9.17) is 5.73 Å². The molecule has 2 N–H and O–H groups in total. The van der Waals surface area contributed by atoms with Gasteiger partial charge in [0.2, 0.25) is 5.78 Å². The summed E-state index contributed by atoms with van der Waals surface area (Å²) in [6.07, 6.45) is 4.42. The maximum atomic E-state index is 12.3. The van der Waals surface area contributed by atoms with Gasteiger partial charge in [-0.1, -0.05) is 19.1 Å². The lowest BCUT2D eigenvalue weighted by Crippen LogP contribution is -2.12. The van der Waals surface area contributed by atoms with Crippen molar-refractivity contribution in [1.82, 2.24) is 9.55 Å². The minimum Gasteiger partial charge on any atom is -0.398 e. The molecule has 88 valence electrons. The van der Waals surface area contributed by atoms with Crippen molar-refractivity contribution in [3.8, 4) is 0 Å². The van der Waals surface area contributed by atoms with Crippen LogP contribution in [0.3, 0.4) is 0 Å². The highest BCUT2D eigenvalue weighted by Crippen LogP contribution is 2.15. The summed E-state index contributed by atoms with van der Waals surface area (Å²) in [5.41, 5.74) is 6.79. The van der Waals surface area contributed by atoms with Crippen molar-refractivity contribution in [3.63, 3.8) is 0 Å². The van der Waals surface area contributed by atoms with Crippen LogP contribution in [0.15, 0.2) is 36.7 Å². The van der Waals surface area contributed by atoms with Gasteiger partial charge < -0.3 is 10.3 Å². The number of ketones is 1. The zero-order valence-corrected chi connectivity index (χ0v) is 9.76. The van der Waals surface area contributed by atoms with E-state index in [1.54, 1.807) is 24.4 Å². The molecule has 2 rings (SSSR count). The van der Waals surface area contributed by atoms with Crippen LogP contribution >= 0.6 is 0 Å². The molecule has 0 radical (unpaired) electrons. The number of carbonyl (C=O) groups excluding carboxylic acids is 1. The minimum atomic E-state index is -0.124. The fourth-order valence-corrected chi connectivity index (χ4v) is 1.76. The standard InChI is InChI=1S/C13H15N3O/c1-2-8-16-9-7-15-13(16)12(17)10-5-3-4-6-11(10)14/h3-7,9H,2,8,14H2,1H3. The molecule has 1 aromatic heterocycles. The SMILES string of the molecule is CCCn1ccnc1C(=O)c1ccccc1N. The summed E-state index contributed by atoms with van der Waals surface area (Å²) in [4.78, 5) is 16.4. The lowest BCUT2D eigenvalue weighted by atomic mass is 10.1. The number of benzene rings is 1. The van der Waals surface area contributed by atoms with Gasteiger partial charge in [0.05, 0.1) is 0 Å². The summed E-state index contributed by atoms with van der Waals surface area (Å²) in [7, 11) is 0. The number of aromatic nitrogens is 2. The van der Waals surface area contributed by atoms with E-state index in [1.807, 2.05) is 16.8 Å². The van der Waals surface area contributed by atoms with Crippen molar-refractivity contribution in [2.24, 2.45) is 0 Å². The van der Waals surface area contributed by atoms with Crippen LogP contribution in [0.5, 0.6) is 0 Å². The molecule has 1 heterocycles. The van der Waals surface area contributed by atoms with E-state index in [0.29, 0.717) is 17.1 Å². The Bertz CT molecular complexity index is 531. The number of carbonyl (C=O) groups is 1. The smallest absolute Gasteiger partial charge is 0.230 e. The number of rotatable bonds is 4. The van der Waals surface area contributed by atoms with E-state index in [9.17, 15) is 4.79 Å². The van der Waals surface area contributed by atoms with Gasteiger partial charge >= 0.3 is 0 Å². The largest absolute Gasteiger partial charge is 0.398 e.